The molecule has 0 aliphatic carbocycles. The third kappa shape index (κ3) is 4.44. The van der Waals surface area contributed by atoms with Crippen LogP contribution in [0.5, 0.6) is 11.6 Å². The molecule has 0 saturated carbocycles. The number of methoxy groups -OCH3 is 2. The van der Waals surface area contributed by atoms with Crippen LogP contribution < -0.4 is 14.8 Å². The van der Waals surface area contributed by atoms with Gasteiger partial charge in [-0.2, -0.15) is 5.10 Å². The molecule has 158 valence electrons. The van der Waals surface area contributed by atoms with Crippen molar-refractivity contribution < 1.29 is 19.4 Å². The first-order valence-corrected chi connectivity index (χ1v) is 9.63. The van der Waals surface area contributed by atoms with Crippen LogP contribution in [0.25, 0.3) is 23.1 Å². The van der Waals surface area contributed by atoms with Gasteiger partial charge in [0.15, 0.2) is 0 Å². The van der Waals surface area contributed by atoms with Crippen LogP contribution in [0, 0.1) is 5.92 Å². The van der Waals surface area contributed by atoms with Crippen molar-refractivity contribution in [1.82, 2.24) is 20.5 Å². The third-order valence-electron chi connectivity index (χ3n) is 4.88. The lowest BCUT2D eigenvalue weighted by Gasteiger charge is -2.20. The van der Waals surface area contributed by atoms with Crippen LogP contribution >= 0.6 is 0 Å². The molecule has 8 nitrogen and oxygen atoms in total. The molecule has 1 amide bonds. The lowest BCUT2D eigenvalue weighted by Crippen LogP contribution is -2.41. The van der Waals surface area contributed by atoms with Gasteiger partial charge in [-0.1, -0.05) is 19.9 Å². The quantitative estimate of drug-likeness (QED) is 0.527. The molecule has 3 rings (SSSR count). The van der Waals surface area contributed by atoms with E-state index in [9.17, 15) is 9.90 Å². The molecule has 3 N–H and O–H groups in total. The molecule has 0 saturated heterocycles. The lowest BCUT2D eigenvalue weighted by atomic mass is 10.0. The Kier molecular flexibility index (Phi) is 6.68. The number of hydrogen-bond acceptors (Lipinski definition) is 6. The summed E-state index contributed by atoms with van der Waals surface area (Å²) in [6.07, 6.45) is 5.40. The number of hydrogen-bond donors (Lipinski definition) is 3. The van der Waals surface area contributed by atoms with E-state index < -0.39 is 0 Å². The van der Waals surface area contributed by atoms with Crippen LogP contribution in [0.15, 0.2) is 30.5 Å². The normalized spacial score (nSPS) is 12.5. The predicted molar refractivity (Wildman–Crippen MR) is 116 cm³/mol. The number of benzene rings is 1. The van der Waals surface area contributed by atoms with Crippen LogP contribution in [0.4, 0.5) is 0 Å². The molecule has 0 fully saturated rings. The summed E-state index contributed by atoms with van der Waals surface area (Å²) in [5, 5.41) is 20.4. The van der Waals surface area contributed by atoms with Crippen molar-refractivity contribution >= 4 is 29.0 Å². The molecule has 0 aliphatic rings. The fourth-order valence-corrected chi connectivity index (χ4v) is 3.07. The van der Waals surface area contributed by atoms with Gasteiger partial charge in [-0.15, -0.1) is 0 Å². The van der Waals surface area contributed by atoms with E-state index in [2.05, 4.69) is 20.5 Å². The highest BCUT2D eigenvalue weighted by atomic mass is 16.5. The van der Waals surface area contributed by atoms with Gasteiger partial charge in [0, 0.05) is 12.3 Å². The number of nitrogens with one attached hydrogen (secondary N) is 2. The SMILES string of the molecule is COc1ccc(/C=C/c2n[nH]c3ccc(C(=O)NC(CO)C(C)C)c(OC)c23)cn1. The van der Waals surface area contributed by atoms with E-state index in [-0.39, 0.29) is 24.5 Å². The molecule has 1 atom stereocenters. The summed E-state index contributed by atoms with van der Waals surface area (Å²) in [5.41, 5.74) is 2.64. The lowest BCUT2D eigenvalue weighted by molar-refractivity contribution is 0.0894. The Labute approximate surface area is 174 Å². The highest BCUT2D eigenvalue weighted by Crippen LogP contribution is 2.32. The number of carbonyl (C=O) groups is 1. The average molecular weight is 410 g/mol. The van der Waals surface area contributed by atoms with Crippen LogP contribution in [0.3, 0.4) is 0 Å². The zero-order chi connectivity index (χ0) is 21.7. The van der Waals surface area contributed by atoms with Crippen LogP contribution in [-0.4, -0.2) is 53.1 Å². The number of nitrogens with zero attached hydrogens (tertiary/aromatic N) is 2. The van der Waals surface area contributed by atoms with Crippen molar-refractivity contribution in [3.63, 3.8) is 0 Å². The maximum absolute atomic E-state index is 12.8. The van der Waals surface area contributed by atoms with Gasteiger partial charge in [-0.05, 0) is 35.8 Å². The first-order chi connectivity index (χ1) is 14.5. The number of H-pyrrole nitrogens is 1. The summed E-state index contributed by atoms with van der Waals surface area (Å²) < 4.78 is 10.7. The Hall–Kier alpha value is -3.39. The third-order valence-corrected chi connectivity index (χ3v) is 4.88. The summed E-state index contributed by atoms with van der Waals surface area (Å²) >= 11 is 0. The number of fused-ring (bicyclic) bond motifs is 1. The number of aromatic amines is 1. The van der Waals surface area contributed by atoms with Crippen molar-refractivity contribution in [1.29, 1.82) is 0 Å². The molecule has 1 unspecified atom stereocenters. The minimum Gasteiger partial charge on any atom is -0.495 e. The number of carbonyl (C=O) groups excluding carboxylic acids is 1. The van der Waals surface area contributed by atoms with Crippen molar-refractivity contribution in [3.05, 3.63) is 47.3 Å². The maximum atomic E-state index is 12.8. The highest BCUT2D eigenvalue weighted by molar-refractivity contribution is 6.05. The molecular weight excluding hydrogens is 384 g/mol. The molecule has 0 radical (unpaired) electrons. The Morgan fingerprint density at radius 3 is 2.60 bits per heavy atom. The first-order valence-electron chi connectivity index (χ1n) is 9.63. The van der Waals surface area contributed by atoms with E-state index in [0.29, 0.717) is 28.3 Å². The number of aliphatic hydroxyl groups excluding tert-OH is 1. The minimum absolute atomic E-state index is 0.0965. The molecule has 0 bridgehead atoms. The molecule has 2 heterocycles. The van der Waals surface area contributed by atoms with Crippen molar-refractivity contribution in [2.75, 3.05) is 20.8 Å². The zero-order valence-electron chi connectivity index (χ0n) is 17.5. The molecule has 1 aromatic carbocycles. The molecule has 30 heavy (non-hydrogen) atoms. The predicted octanol–water partition coefficient (Wildman–Crippen LogP) is 2.89. The van der Waals surface area contributed by atoms with Gasteiger partial charge in [0.1, 0.15) is 5.75 Å². The number of rotatable bonds is 8. The van der Waals surface area contributed by atoms with Gasteiger partial charge in [-0.3, -0.25) is 9.89 Å². The summed E-state index contributed by atoms with van der Waals surface area (Å²) in [7, 11) is 3.09. The Bertz CT molecular complexity index is 1040. The molecule has 3 aromatic rings. The van der Waals surface area contributed by atoms with Gasteiger partial charge in [-0.25, -0.2) is 4.98 Å². The van der Waals surface area contributed by atoms with E-state index in [0.717, 1.165) is 11.1 Å². The number of pyridine rings is 1. The topological polar surface area (TPSA) is 109 Å². The largest absolute Gasteiger partial charge is 0.495 e. The summed E-state index contributed by atoms with van der Waals surface area (Å²) in [4.78, 5) is 17.0. The standard InChI is InChI=1S/C22H26N4O4/c1-13(2)18(12-27)24-22(28)15-7-9-17-20(21(15)30-4)16(25-26-17)8-5-14-6-10-19(29-3)23-11-14/h5-11,13,18,27H,12H2,1-4H3,(H,24,28)(H,25,26)/b8-5+. The summed E-state index contributed by atoms with van der Waals surface area (Å²) in [5.74, 6) is 0.750. The van der Waals surface area contributed by atoms with Crippen molar-refractivity contribution in [2.24, 2.45) is 5.92 Å². The minimum atomic E-state index is -0.343. The van der Waals surface area contributed by atoms with E-state index in [1.54, 1.807) is 31.5 Å². The Morgan fingerprint density at radius 2 is 2.00 bits per heavy atom. The molecular formula is C22H26N4O4. The molecule has 0 aliphatic heterocycles. The van der Waals surface area contributed by atoms with Gasteiger partial charge in [0.2, 0.25) is 5.88 Å². The van der Waals surface area contributed by atoms with E-state index in [4.69, 9.17) is 9.47 Å². The second-order valence-electron chi connectivity index (χ2n) is 7.15. The number of ether oxygens (including phenoxy) is 2. The first kappa shape index (κ1) is 21.3. The Morgan fingerprint density at radius 1 is 1.20 bits per heavy atom. The number of aliphatic hydroxyl groups is 1. The monoisotopic (exact) mass is 410 g/mol. The summed E-state index contributed by atoms with van der Waals surface area (Å²) in [6.45, 7) is 3.74. The maximum Gasteiger partial charge on any atom is 0.255 e. The molecule has 0 spiro atoms. The second-order valence-corrected chi connectivity index (χ2v) is 7.15. The van der Waals surface area contributed by atoms with Crippen LogP contribution in [0.2, 0.25) is 0 Å². The average Bonchev–Trinajstić information content (AvgIpc) is 3.18. The van der Waals surface area contributed by atoms with Gasteiger partial charge in [0.25, 0.3) is 5.91 Å². The zero-order valence-corrected chi connectivity index (χ0v) is 17.5. The van der Waals surface area contributed by atoms with Gasteiger partial charge >= 0.3 is 0 Å². The van der Waals surface area contributed by atoms with Crippen molar-refractivity contribution in [3.8, 4) is 11.6 Å². The van der Waals surface area contributed by atoms with Gasteiger partial charge < -0.3 is 19.9 Å². The fraction of sp³-hybridized carbons (Fsp3) is 0.318. The van der Waals surface area contributed by atoms with Gasteiger partial charge in [0.05, 0.1) is 49.0 Å². The number of aromatic nitrogens is 3. The second kappa shape index (κ2) is 9.41. The Balaban J connectivity index is 1.96. The highest BCUT2D eigenvalue weighted by Gasteiger charge is 2.22. The smallest absolute Gasteiger partial charge is 0.255 e. The van der Waals surface area contributed by atoms with E-state index in [1.807, 2.05) is 32.1 Å². The van der Waals surface area contributed by atoms with Crippen LogP contribution in [0.1, 0.15) is 35.5 Å². The number of amides is 1. The molecule has 8 heteroatoms. The van der Waals surface area contributed by atoms with E-state index in [1.165, 1.54) is 7.11 Å². The summed E-state index contributed by atoms with van der Waals surface area (Å²) in [6, 6.07) is 6.79. The van der Waals surface area contributed by atoms with Crippen LogP contribution in [-0.2, 0) is 0 Å². The van der Waals surface area contributed by atoms with E-state index >= 15 is 0 Å². The van der Waals surface area contributed by atoms with Crippen molar-refractivity contribution in [2.45, 2.75) is 19.9 Å². The molecule has 2 aromatic heterocycles. The fourth-order valence-electron chi connectivity index (χ4n) is 3.07.